The minimum Gasteiger partial charge on any atom is -0.338 e. The molecular weight excluding hydrogens is 228 g/mol. The molecular formula is C13H16N4O. The first-order chi connectivity index (χ1) is 8.92. The van der Waals surface area contributed by atoms with Crippen LogP contribution >= 0.6 is 0 Å². The van der Waals surface area contributed by atoms with Crippen molar-refractivity contribution in [3.8, 4) is 11.4 Å². The molecule has 0 aromatic carbocycles. The van der Waals surface area contributed by atoms with Crippen LogP contribution in [0.15, 0.2) is 29.0 Å². The number of aromatic nitrogens is 3. The summed E-state index contributed by atoms with van der Waals surface area (Å²) in [5.41, 5.74) is 0.931. The van der Waals surface area contributed by atoms with Gasteiger partial charge < -0.3 is 9.84 Å². The number of hydrogen-bond acceptors (Lipinski definition) is 5. The van der Waals surface area contributed by atoms with E-state index in [1.54, 1.807) is 12.4 Å². The molecule has 0 aliphatic heterocycles. The molecule has 0 spiro atoms. The van der Waals surface area contributed by atoms with E-state index in [2.05, 4.69) is 20.4 Å². The Labute approximate surface area is 106 Å². The van der Waals surface area contributed by atoms with E-state index >= 15 is 0 Å². The molecule has 1 aliphatic rings. The Kier molecular flexibility index (Phi) is 3.32. The number of pyridine rings is 1. The minimum atomic E-state index is 0.612. The highest BCUT2D eigenvalue weighted by molar-refractivity contribution is 5.52. The van der Waals surface area contributed by atoms with E-state index in [0.717, 1.165) is 5.56 Å². The minimum absolute atomic E-state index is 0.612. The van der Waals surface area contributed by atoms with Gasteiger partial charge in [0, 0.05) is 24.0 Å². The molecule has 0 saturated heterocycles. The van der Waals surface area contributed by atoms with E-state index in [-0.39, 0.29) is 0 Å². The lowest BCUT2D eigenvalue weighted by Crippen LogP contribution is -2.25. The van der Waals surface area contributed by atoms with Gasteiger partial charge in [-0.15, -0.1) is 0 Å². The topological polar surface area (TPSA) is 63.8 Å². The van der Waals surface area contributed by atoms with Crippen LogP contribution in [0.5, 0.6) is 0 Å². The van der Waals surface area contributed by atoms with Crippen molar-refractivity contribution in [2.45, 2.75) is 38.3 Å². The molecule has 18 heavy (non-hydrogen) atoms. The molecule has 0 radical (unpaired) electrons. The van der Waals surface area contributed by atoms with Crippen LogP contribution in [-0.4, -0.2) is 21.2 Å². The van der Waals surface area contributed by atoms with Gasteiger partial charge >= 0.3 is 0 Å². The predicted molar refractivity (Wildman–Crippen MR) is 66.6 cm³/mol. The van der Waals surface area contributed by atoms with Crippen molar-refractivity contribution >= 4 is 0 Å². The van der Waals surface area contributed by atoms with Gasteiger partial charge in [0.25, 0.3) is 0 Å². The SMILES string of the molecule is c1cc(-c2noc(CNC3CCCC3)n2)ccn1. The molecule has 5 nitrogen and oxygen atoms in total. The van der Waals surface area contributed by atoms with E-state index in [1.807, 2.05) is 12.1 Å². The molecule has 0 atom stereocenters. The highest BCUT2D eigenvalue weighted by Crippen LogP contribution is 2.18. The third-order valence-electron chi connectivity index (χ3n) is 3.30. The molecule has 5 heteroatoms. The van der Waals surface area contributed by atoms with Gasteiger partial charge in [0.15, 0.2) is 0 Å². The van der Waals surface area contributed by atoms with Gasteiger partial charge in [0.1, 0.15) is 0 Å². The Bertz CT molecular complexity index is 491. The van der Waals surface area contributed by atoms with Crippen molar-refractivity contribution in [2.75, 3.05) is 0 Å². The van der Waals surface area contributed by atoms with E-state index in [1.165, 1.54) is 25.7 Å². The van der Waals surface area contributed by atoms with Gasteiger partial charge in [0.05, 0.1) is 6.54 Å². The fourth-order valence-electron chi connectivity index (χ4n) is 2.31. The van der Waals surface area contributed by atoms with Gasteiger partial charge in [-0.3, -0.25) is 4.98 Å². The van der Waals surface area contributed by atoms with Crippen molar-refractivity contribution in [3.63, 3.8) is 0 Å². The Morgan fingerprint density at radius 3 is 2.78 bits per heavy atom. The third kappa shape index (κ3) is 2.56. The smallest absolute Gasteiger partial charge is 0.240 e. The van der Waals surface area contributed by atoms with Gasteiger partial charge in [-0.25, -0.2) is 0 Å². The molecule has 2 aromatic rings. The summed E-state index contributed by atoms with van der Waals surface area (Å²) in [6, 6.07) is 4.36. The standard InChI is InChI=1S/C13H16N4O/c1-2-4-11(3-1)15-9-12-16-13(17-18-12)10-5-7-14-8-6-10/h5-8,11,15H,1-4,9H2. The first-order valence-corrected chi connectivity index (χ1v) is 6.38. The van der Waals surface area contributed by atoms with Crippen LogP contribution in [0.4, 0.5) is 0 Å². The molecule has 2 heterocycles. The van der Waals surface area contributed by atoms with Crippen molar-refractivity contribution in [1.29, 1.82) is 0 Å². The summed E-state index contributed by atoms with van der Waals surface area (Å²) in [5.74, 6) is 1.27. The fourth-order valence-corrected chi connectivity index (χ4v) is 2.31. The zero-order valence-electron chi connectivity index (χ0n) is 10.2. The Balaban J connectivity index is 1.63. The summed E-state index contributed by atoms with van der Waals surface area (Å²) in [7, 11) is 0. The van der Waals surface area contributed by atoms with Crippen molar-refractivity contribution in [1.82, 2.24) is 20.4 Å². The van der Waals surface area contributed by atoms with Crippen LogP contribution in [-0.2, 0) is 6.54 Å². The largest absolute Gasteiger partial charge is 0.338 e. The molecule has 94 valence electrons. The van der Waals surface area contributed by atoms with E-state index in [9.17, 15) is 0 Å². The average molecular weight is 244 g/mol. The van der Waals surface area contributed by atoms with Crippen LogP contribution in [0.3, 0.4) is 0 Å². The molecule has 2 aromatic heterocycles. The first-order valence-electron chi connectivity index (χ1n) is 6.38. The fraction of sp³-hybridized carbons (Fsp3) is 0.462. The van der Waals surface area contributed by atoms with E-state index in [0.29, 0.717) is 24.3 Å². The molecule has 3 rings (SSSR count). The Morgan fingerprint density at radius 2 is 2.00 bits per heavy atom. The third-order valence-corrected chi connectivity index (χ3v) is 3.30. The highest BCUT2D eigenvalue weighted by Gasteiger charge is 2.15. The molecule has 0 amide bonds. The lowest BCUT2D eigenvalue weighted by atomic mass is 10.2. The predicted octanol–water partition coefficient (Wildman–Crippen LogP) is 2.16. The van der Waals surface area contributed by atoms with Crippen LogP contribution in [0.1, 0.15) is 31.6 Å². The maximum atomic E-state index is 5.23. The normalized spacial score (nSPS) is 16.2. The van der Waals surface area contributed by atoms with Gasteiger partial charge in [-0.1, -0.05) is 18.0 Å². The summed E-state index contributed by atoms with van der Waals surface area (Å²) in [6.45, 7) is 0.656. The van der Waals surface area contributed by atoms with Gasteiger partial charge in [-0.2, -0.15) is 4.98 Å². The number of nitrogens with zero attached hydrogens (tertiary/aromatic N) is 3. The maximum absolute atomic E-state index is 5.23. The van der Waals surface area contributed by atoms with Crippen molar-refractivity contribution in [2.24, 2.45) is 0 Å². The van der Waals surface area contributed by atoms with Crippen LogP contribution in [0.25, 0.3) is 11.4 Å². The van der Waals surface area contributed by atoms with Gasteiger partial charge in [-0.05, 0) is 25.0 Å². The second-order valence-corrected chi connectivity index (χ2v) is 4.61. The molecule has 1 aliphatic carbocycles. The lowest BCUT2D eigenvalue weighted by molar-refractivity contribution is 0.357. The first kappa shape index (κ1) is 11.3. The number of hydrogen-bond donors (Lipinski definition) is 1. The van der Waals surface area contributed by atoms with E-state index in [4.69, 9.17) is 4.52 Å². The zero-order valence-corrected chi connectivity index (χ0v) is 10.2. The summed E-state index contributed by atoms with van der Waals surface area (Å²) < 4.78 is 5.23. The summed E-state index contributed by atoms with van der Waals surface area (Å²) in [6.07, 6.45) is 8.61. The quantitative estimate of drug-likeness (QED) is 0.892. The average Bonchev–Trinajstić information content (AvgIpc) is 3.09. The number of nitrogens with one attached hydrogen (secondary N) is 1. The molecule has 1 fully saturated rings. The second kappa shape index (κ2) is 5.27. The van der Waals surface area contributed by atoms with Crippen LogP contribution < -0.4 is 5.32 Å². The summed E-state index contributed by atoms with van der Waals surface area (Å²) in [5, 5.41) is 7.43. The Morgan fingerprint density at radius 1 is 1.22 bits per heavy atom. The van der Waals surface area contributed by atoms with Crippen molar-refractivity contribution in [3.05, 3.63) is 30.4 Å². The lowest BCUT2D eigenvalue weighted by Gasteiger charge is -2.08. The van der Waals surface area contributed by atoms with E-state index < -0.39 is 0 Å². The molecule has 0 bridgehead atoms. The molecule has 1 N–H and O–H groups in total. The Hall–Kier alpha value is -1.75. The zero-order chi connectivity index (χ0) is 12.2. The van der Waals surface area contributed by atoms with Crippen LogP contribution in [0, 0.1) is 0 Å². The molecule has 1 saturated carbocycles. The summed E-state index contributed by atoms with van der Waals surface area (Å²) in [4.78, 5) is 8.34. The maximum Gasteiger partial charge on any atom is 0.240 e. The van der Waals surface area contributed by atoms with Crippen LogP contribution in [0.2, 0.25) is 0 Å². The highest BCUT2D eigenvalue weighted by atomic mass is 16.5. The number of rotatable bonds is 4. The summed E-state index contributed by atoms with van der Waals surface area (Å²) >= 11 is 0. The van der Waals surface area contributed by atoms with Crippen molar-refractivity contribution < 1.29 is 4.52 Å². The second-order valence-electron chi connectivity index (χ2n) is 4.61. The molecule has 0 unspecified atom stereocenters. The van der Waals surface area contributed by atoms with Gasteiger partial charge in [0.2, 0.25) is 11.7 Å². The monoisotopic (exact) mass is 244 g/mol.